The van der Waals surface area contributed by atoms with Crippen molar-refractivity contribution in [1.82, 2.24) is 10.1 Å². The largest absolute Gasteiger partial charge is 0.395 e. The molecule has 1 atom stereocenters. The van der Waals surface area contributed by atoms with E-state index in [1.165, 1.54) is 12.1 Å². The van der Waals surface area contributed by atoms with Gasteiger partial charge in [-0.1, -0.05) is 11.3 Å². The number of carbonyl (C=O) groups is 2. The molecular weight excluding hydrogens is 283 g/mol. The van der Waals surface area contributed by atoms with E-state index < -0.39 is 23.9 Å². The van der Waals surface area contributed by atoms with Crippen molar-refractivity contribution in [3.05, 3.63) is 35.1 Å². The molecule has 1 N–H and O–H groups in total. The summed E-state index contributed by atoms with van der Waals surface area (Å²) in [5, 5.41) is 9.88. The normalized spacial score (nSPS) is 22.8. The molecule has 2 heterocycles. The third-order valence-corrected chi connectivity index (χ3v) is 3.31. The van der Waals surface area contributed by atoms with E-state index in [9.17, 15) is 14.0 Å². The van der Waals surface area contributed by atoms with Crippen molar-refractivity contribution in [1.29, 1.82) is 0 Å². The lowest BCUT2D eigenvalue weighted by molar-refractivity contribution is -0.425. The van der Waals surface area contributed by atoms with Crippen molar-refractivity contribution < 1.29 is 28.8 Å². The Balaban J connectivity index is 1.86. The third kappa shape index (κ3) is 2.32. The molecule has 21 heavy (non-hydrogen) atoms. The summed E-state index contributed by atoms with van der Waals surface area (Å²) < 4.78 is 13.7. The van der Waals surface area contributed by atoms with Crippen LogP contribution in [0.5, 0.6) is 0 Å². The SMILES string of the molecule is O=C1c2cccc(F)c2C(=O)N1C1CCON(CCO)O1. The smallest absolute Gasteiger partial charge is 0.266 e. The second kappa shape index (κ2) is 5.49. The van der Waals surface area contributed by atoms with E-state index >= 15 is 0 Å². The van der Waals surface area contributed by atoms with E-state index in [2.05, 4.69) is 0 Å². The van der Waals surface area contributed by atoms with Gasteiger partial charge in [0.05, 0.1) is 30.9 Å². The highest BCUT2D eigenvalue weighted by Crippen LogP contribution is 2.29. The number of amides is 2. The van der Waals surface area contributed by atoms with Crippen molar-refractivity contribution in [3.8, 4) is 0 Å². The molecule has 2 amide bonds. The van der Waals surface area contributed by atoms with Crippen molar-refractivity contribution in [2.45, 2.75) is 12.6 Å². The Kier molecular flexibility index (Phi) is 3.68. The topological polar surface area (TPSA) is 79.3 Å². The summed E-state index contributed by atoms with van der Waals surface area (Å²) in [4.78, 5) is 35.9. The first-order valence-electron chi connectivity index (χ1n) is 6.48. The summed E-state index contributed by atoms with van der Waals surface area (Å²) in [6.07, 6.45) is -0.605. The predicted molar refractivity (Wildman–Crippen MR) is 66.1 cm³/mol. The highest BCUT2D eigenvalue weighted by atomic mass is 19.1. The first-order valence-corrected chi connectivity index (χ1v) is 6.48. The van der Waals surface area contributed by atoms with Gasteiger partial charge in [0, 0.05) is 6.42 Å². The van der Waals surface area contributed by atoms with Crippen LogP contribution in [0.4, 0.5) is 4.39 Å². The number of imide groups is 1. The number of aliphatic hydroxyl groups excluding tert-OH is 1. The van der Waals surface area contributed by atoms with Gasteiger partial charge in [0.15, 0.2) is 6.23 Å². The maximum atomic E-state index is 13.7. The first kappa shape index (κ1) is 14.1. The Morgan fingerprint density at radius 1 is 1.33 bits per heavy atom. The Morgan fingerprint density at radius 2 is 2.14 bits per heavy atom. The highest BCUT2D eigenvalue weighted by molar-refractivity contribution is 6.21. The van der Waals surface area contributed by atoms with Crippen LogP contribution >= 0.6 is 0 Å². The molecule has 1 unspecified atom stereocenters. The number of rotatable bonds is 3. The minimum atomic E-state index is -0.878. The van der Waals surface area contributed by atoms with Crippen LogP contribution in [0.15, 0.2) is 18.2 Å². The Morgan fingerprint density at radius 3 is 2.86 bits per heavy atom. The van der Waals surface area contributed by atoms with Crippen molar-refractivity contribution >= 4 is 11.8 Å². The van der Waals surface area contributed by atoms with Gasteiger partial charge >= 0.3 is 0 Å². The molecule has 3 rings (SSSR count). The predicted octanol–water partition coefficient (Wildman–Crippen LogP) is 0.309. The minimum absolute atomic E-state index is 0.0313. The standard InChI is InChI=1S/C13H13FN2O5/c14-9-3-1-2-8-11(9)13(19)16(12(8)18)10-4-7-20-15(21-10)5-6-17/h1-3,10,17H,4-7H2. The molecule has 0 bridgehead atoms. The van der Waals surface area contributed by atoms with E-state index in [1.807, 2.05) is 0 Å². The molecule has 1 aromatic carbocycles. The summed E-state index contributed by atoms with van der Waals surface area (Å²) >= 11 is 0. The summed E-state index contributed by atoms with van der Waals surface area (Å²) in [5.74, 6) is -2.04. The van der Waals surface area contributed by atoms with E-state index in [4.69, 9.17) is 14.8 Å². The second-order valence-electron chi connectivity index (χ2n) is 4.60. The molecule has 0 spiro atoms. The fraction of sp³-hybridized carbons (Fsp3) is 0.385. The van der Waals surface area contributed by atoms with Gasteiger partial charge in [0.1, 0.15) is 5.82 Å². The number of halogens is 1. The Labute approximate surface area is 119 Å². The molecule has 0 saturated carbocycles. The van der Waals surface area contributed by atoms with Gasteiger partial charge in [-0.05, 0) is 12.1 Å². The van der Waals surface area contributed by atoms with Crippen LogP contribution < -0.4 is 0 Å². The number of hydroxylamine groups is 2. The van der Waals surface area contributed by atoms with Gasteiger partial charge in [-0.15, -0.1) is 0 Å². The van der Waals surface area contributed by atoms with Crippen LogP contribution in [0.25, 0.3) is 0 Å². The van der Waals surface area contributed by atoms with Crippen LogP contribution in [-0.2, 0) is 9.68 Å². The number of benzene rings is 1. The van der Waals surface area contributed by atoms with Crippen molar-refractivity contribution in [2.75, 3.05) is 19.8 Å². The quantitative estimate of drug-likeness (QED) is 0.809. The average Bonchev–Trinajstić information content (AvgIpc) is 2.73. The Hall–Kier alpha value is -1.87. The molecule has 0 aliphatic carbocycles. The molecule has 1 aromatic rings. The number of hydrogen-bond donors (Lipinski definition) is 1. The molecule has 1 fully saturated rings. The lowest BCUT2D eigenvalue weighted by Crippen LogP contribution is -2.49. The number of fused-ring (bicyclic) bond motifs is 1. The van der Waals surface area contributed by atoms with Gasteiger partial charge in [-0.3, -0.25) is 14.4 Å². The van der Waals surface area contributed by atoms with Gasteiger partial charge in [0.25, 0.3) is 11.8 Å². The van der Waals surface area contributed by atoms with Gasteiger partial charge in [0.2, 0.25) is 0 Å². The van der Waals surface area contributed by atoms with Crippen LogP contribution in [0.3, 0.4) is 0 Å². The molecule has 112 valence electrons. The molecule has 1 saturated heterocycles. The van der Waals surface area contributed by atoms with E-state index in [1.54, 1.807) is 0 Å². The van der Waals surface area contributed by atoms with Gasteiger partial charge in [-0.2, -0.15) is 0 Å². The molecule has 0 radical (unpaired) electrons. The van der Waals surface area contributed by atoms with Crippen LogP contribution in [0.2, 0.25) is 0 Å². The lowest BCUT2D eigenvalue weighted by atomic mass is 10.1. The third-order valence-electron chi connectivity index (χ3n) is 3.31. The molecule has 7 nitrogen and oxygen atoms in total. The van der Waals surface area contributed by atoms with E-state index in [0.29, 0.717) is 0 Å². The number of nitrogens with zero attached hydrogens (tertiary/aromatic N) is 2. The lowest BCUT2D eigenvalue weighted by Gasteiger charge is -2.34. The summed E-state index contributed by atoms with van der Waals surface area (Å²) in [6, 6.07) is 3.92. The minimum Gasteiger partial charge on any atom is -0.395 e. The average molecular weight is 296 g/mol. The number of hydrogen-bond acceptors (Lipinski definition) is 6. The summed E-state index contributed by atoms with van der Waals surface area (Å²) in [7, 11) is 0. The molecule has 2 aliphatic rings. The maximum absolute atomic E-state index is 13.7. The second-order valence-corrected chi connectivity index (χ2v) is 4.60. The van der Waals surface area contributed by atoms with Crippen molar-refractivity contribution in [2.24, 2.45) is 0 Å². The number of carbonyl (C=O) groups excluding carboxylic acids is 2. The summed E-state index contributed by atoms with van der Waals surface area (Å²) in [5.41, 5.74) is -0.199. The Bertz CT molecular complexity index is 592. The van der Waals surface area contributed by atoms with Crippen LogP contribution in [0, 0.1) is 5.82 Å². The number of aliphatic hydroxyl groups is 1. The van der Waals surface area contributed by atoms with E-state index in [0.717, 1.165) is 16.2 Å². The fourth-order valence-corrected chi connectivity index (χ4v) is 2.37. The zero-order chi connectivity index (χ0) is 15.0. The van der Waals surface area contributed by atoms with E-state index in [-0.39, 0.29) is 37.3 Å². The van der Waals surface area contributed by atoms with Crippen LogP contribution in [-0.4, -0.2) is 53.0 Å². The fourth-order valence-electron chi connectivity index (χ4n) is 2.37. The first-order chi connectivity index (χ1) is 10.1. The zero-order valence-corrected chi connectivity index (χ0v) is 11.0. The number of β-amino-alcohol motifs (C(OH)–C–C–N with tert-alkyl or cyclic N) is 1. The monoisotopic (exact) mass is 296 g/mol. The van der Waals surface area contributed by atoms with Gasteiger partial charge in [-0.25, -0.2) is 14.1 Å². The maximum Gasteiger partial charge on any atom is 0.266 e. The zero-order valence-electron chi connectivity index (χ0n) is 11.0. The van der Waals surface area contributed by atoms with Crippen molar-refractivity contribution in [3.63, 3.8) is 0 Å². The highest BCUT2D eigenvalue weighted by Gasteiger charge is 2.44. The molecule has 0 aromatic heterocycles. The molecule has 8 heteroatoms. The molecule has 2 aliphatic heterocycles. The molecular formula is C13H13FN2O5. The summed E-state index contributed by atoms with van der Waals surface area (Å²) in [6.45, 7) is 0.0953. The van der Waals surface area contributed by atoms with Gasteiger partial charge < -0.3 is 5.11 Å². The van der Waals surface area contributed by atoms with Crippen LogP contribution in [0.1, 0.15) is 27.1 Å².